The maximum atomic E-state index is 14.1. The molecule has 0 unspecified atom stereocenters. The largest absolute Gasteiger partial charge is 0.490 e. The third kappa shape index (κ3) is 4.63. The Hall–Kier alpha value is -4.51. The van der Waals surface area contributed by atoms with Gasteiger partial charge in [0, 0.05) is 49.1 Å². The highest BCUT2D eigenvalue weighted by atomic mass is 19.1. The third-order valence-electron chi connectivity index (χ3n) is 6.72. The molecule has 4 heterocycles. The van der Waals surface area contributed by atoms with E-state index < -0.39 is 5.82 Å². The standard InChI is InChI=1S/C27H26FN7O3/c1-34-23-12-17(11-21(22(23)15-31-34)16-4-7-35-25(13-16)32-27(29)33-35)26(36)30-14-18-10-19(28)2-3-24(18)38-20-5-8-37-9-6-20/h2-4,7,10-13,15,20H,5-6,8-9,14H2,1H3,(H2,29,33)(H,30,36). The lowest BCUT2D eigenvalue weighted by atomic mass is 9.99. The molecule has 0 spiro atoms. The molecule has 1 aliphatic heterocycles. The van der Waals surface area contributed by atoms with Crippen LogP contribution in [0, 0.1) is 5.82 Å². The Bertz CT molecular complexity index is 1660. The van der Waals surface area contributed by atoms with Crippen LogP contribution in [-0.4, -0.2) is 49.6 Å². The first-order valence-electron chi connectivity index (χ1n) is 12.3. The fourth-order valence-electron chi connectivity index (χ4n) is 4.74. The van der Waals surface area contributed by atoms with E-state index in [4.69, 9.17) is 15.2 Å². The smallest absolute Gasteiger partial charge is 0.251 e. The summed E-state index contributed by atoms with van der Waals surface area (Å²) >= 11 is 0. The van der Waals surface area contributed by atoms with E-state index in [9.17, 15) is 9.18 Å². The maximum Gasteiger partial charge on any atom is 0.251 e. The zero-order valence-corrected chi connectivity index (χ0v) is 20.7. The average Bonchev–Trinajstić information content (AvgIpc) is 3.49. The molecular formula is C27H26FN7O3. The van der Waals surface area contributed by atoms with Crippen molar-refractivity contribution < 1.29 is 18.7 Å². The van der Waals surface area contributed by atoms with Crippen LogP contribution in [0.25, 0.3) is 27.7 Å². The summed E-state index contributed by atoms with van der Waals surface area (Å²) in [6.45, 7) is 1.38. The van der Waals surface area contributed by atoms with E-state index in [1.54, 1.807) is 33.7 Å². The van der Waals surface area contributed by atoms with Crippen LogP contribution >= 0.6 is 0 Å². The number of fused-ring (bicyclic) bond motifs is 2. The van der Waals surface area contributed by atoms with Crippen molar-refractivity contribution in [2.75, 3.05) is 18.9 Å². The number of rotatable bonds is 6. The number of hydrogen-bond donors (Lipinski definition) is 2. The first-order chi connectivity index (χ1) is 18.4. The van der Waals surface area contributed by atoms with Gasteiger partial charge in [-0.25, -0.2) is 8.91 Å². The first kappa shape index (κ1) is 23.9. The van der Waals surface area contributed by atoms with E-state index in [-0.39, 0.29) is 24.5 Å². The van der Waals surface area contributed by atoms with E-state index in [1.165, 1.54) is 12.1 Å². The highest BCUT2D eigenvalue weighted by Crippen LogP contribution is 2.31. The number of ether oxygens (including phenoxy) is 2. The zero-order chi connectivity index (χ0) is 26.2. The van der Waals surface area contributed by atoms with Gasteiger partial charge in [0.2, 0.25) is 5.95 Å². The number of amides is 1. The Morgan fingerprint density at radius 1 is 1.21 bits per heavy atom. The number of carbonyl (C=O) groups is 1. The summed E-state index contributed by atoms with van der Waals surface area (Å²) in [5.74, 6) is 0.0432. The van der Waals surface area contributed by atoms with Crippen LogP contribution in [-0.2, 0) is 18.3 Å². The second kappa shape index (κ2) is 9.75. The van der Waals surface area contributed by atoms with Crippen LogP contribution in [0.1, 0.15) is 28.8 Å². The van der Waals surface area contributed by atoms with Crippen molar-refractivity contribution in [3.63, 3.8) is 0 Å². The molecule has 10 nitrogen and oxygen atoms in total. The van der Waals surface area contributed by atoms with E-state index in [0.717, 1.165) is 34.9 Å². The molecule has 0 aliphatic carbocycles. The van der Waals surface area contributed by atoms with Crippen molar-refractivity contribution in [3.8, 4) is 16.9 Å². The highest BCUT2D eigenvalue weighted by molar-refractivity contribution is 6.03. The molecule has 1 saturated heterocycles. The van der Waals surface area contributed by atoms with Gasteiger partial charge in [0.05, 0.1) is 24.9 Å². The molecule has 0 bridgehead atoms. The molecule has 0 atom stereocenters. The molecule has 0 radical (unpaired) electrons. The van der Waals surface area contributed by atoms with Crippen LogP contribution in [0.2, 0.25) is 0 Å². The summed E-state index contributed by atoms with van der Waals surface area (Å²) in [7, 11) is 1.82. The molecule has 0 saturated carbocycles. The summed E-state index contributed by atoms with van der Waals surface area (Å²) in [4.78, 5) is 17.6. The van der Waals surface area contributed by atoms with Crippen LogP contribution in [0.15, 0.2) is 54.9 Å². The topological polar surface area (TPSA) is 122 Å². The van der Waals surface area contributed by atoms with Crippen molar-refractivity contribution in [3.05, 3.63) is 71.8 Å². The van der Waals surface area contributed by atoms with Crippen molar-refractivity contribution in [2.24, 2.45) is 7.05 Å². The summed E-state index contributed by atoms with van der Waals surface area (Å²) < 4.78 is 28.9. The Morgan fingerprint density at radius 3 is 2.89 bits per heavy atom. The number of anilines is 1. The van der Waals surface area contributed by atoms with E-state index in [0.29, 0.717) is 35.7 Å². The van der Waals surface area contributed by atoms with Crippen molar-refractivity contribution >= 4 is 28.4 Å². The predicted molar refractivity (Wildman–Crippen MR) is 139 cm³/mol. The van der Waals surface area contributed by atoms with Crippen LogP contribution in [0.3, 0.4) is 0 Å². The minimum atomic E-state index is -0.392. The van der Waals surface area contributed by atoms with Gasteiger partial charge in [0.15, 0.2) is 5.65 Å². The second-order valence-electron chi connectivity index (χ2n) is 9.28. The molecule has 2 aromatic carbocycles. The van der Waals surface area contributed by atoms with Gasteiger partial charge in [0.25, 0.3) is 5.91 Å². The van der Waals surface area contributed by atoms with Gasteiger partial charge in [-0.2, -0.15) is 10.1 Å². The number of pyridine rings is 1. The summed E-state index contributed by atoms with van der Waals surface area (Å²) in [6.07, 6.45) is 5.07. The fraction of sp³-hybridized carbons (Fsp3) is 0.259. The number of aromatic nitrogens is 5. The van der Waals surface area contributed by atoms with Crippen LogP contribution in [0.4, 0.5) is 10.3 Å². The third-order valence-corrected chi connectivity index (χ3v) is 6.72. The lowest BCUT2D eigenvalue weighted by molar-refractivity contribution is 0.0251. The van der Waals surface area contributed by atoms with Gasteiger partial charge < -0.3 is 20.5 Å². The molecule has 3 aromatic heterocycles. The number of halogens is 1. The average molecular weight is 516 g/mol. The minimum absolute atomic E-state index is 0.00330. The quantitative estimate of drug-likeness (QED) is 0.355. The molecule has 194 valence electrons. The van der Waals surface area contributed by atoms with E-state index >= 15 is 0 Å². The summed E-state index contributed by atoms with van der Waals surface area (Å²) in [6, 6.07) is 11.7. The van der Waals surface area contributed by atoms with Gasteiger partial charge in [-0.15, -0.1) is 5.10 Å². The van der Waals surface area contributed by atoms with Crippen molar-refractivity contribution in [1.82, 2.24) is 29.7 Å². The monoisotopic (exact) mass is 515 g/mol. The van der Waals surface area contributed by atoms with Crippen molar-refractivity contribution in [2.45, 2.75) is 25.5 Å². The lowest BCUT2D eigenvalue weighted by Crippen LogP contribution is -2.27. The highest BCUT2D eigenvalue weighted by Gasteiger charge is 2.19. The molecule has 1 amide bonds. The molecule has 6 rings (SSSR count). The molecular weight excluding hydrogens is 489 g/mol. The van der Waals surface area contributed by atoms with Gasteiger partial charge >= 0.3 is 0 Å². The Morgan fingerprint density at radius 2 is 2.05 bits per heavy atom. The van der Waals surface area contributed by atoms with E-state index in [1.807, 2.05) is 25.2 Å². The molecule has 5 aromatic rings. The number of benzene rings is 2. The number of nitrogens with one attached hydrogen (secondary N) is 1. The van der Waals surface area contributed by atoms with E-state index in [2.05, 4.69) is 20.5 Å². The second-order valence-corrected chi connectivity index (χ2v) is 9.28. The molecule has 38 heavy (non-hydrogen) atoms. The zero-order valence-electron chi connectivity index (χ0n) is 20.7. The molecule has 11 heteroatoms. The Balaban J connectivity index is 1.29. The van der Waals surface area contributed by atoms with Crippen LogP contribution < -0.4 is 15.8 Å². The fourth-order valence-corrected chi connectivity index (χ4v) is 4.74. The Labute approximate surface area is 217 Å². The van der Waals surface area contributed by atoms with Crippen molar-refractivity contribution in [1.29, 1.82) is 0 Å². The van der Waals surface area contributed by atoms with Gasteiger partial charge in [-0.05, 0) is 53.6 Å². The SMILES string of the molecule is Cn1ncc2c(-c3ccn4nc(N)nc4c3)cc(C(=O)NCc3cc(F)ccc3OC3CCOCC3)cc21. The Kier molecular flexibility index (Phi) is 6.12. The van der Waals surface area contributed by atoms with Gasteiger partial charge in [-0.1, -0.05) is 0 Å². The normalized spacial score (nSPS) is 14.3. The lowest BCUT2D eigenvalue weighted by Gasteiger charge is -2.24. The number of hydrogen-bond acceptors (Lipinski definition) is 7. The molecule has 3 N–H and O–H groups in total. The van der Waals surface area contributed by atoms with Gasteiger partial charge in [-0.3, -0.25) is 9.48 Å². The van der Waals surface area contributed by atoms with Crippen LogP contribution in [0.5, 0.6) is 5.75 Å². The molecule has 1 aliphatic rings. The summed E-state index contributed by atoms with van der Waals surface area (Å²) in [5, 5.41) is 12.3. The number of aryl methyl sites for hydroxylation is 1. The number of carbonyl (C=O) groups excluding carboxylic acids is 1. The first-order valence-corrected chi connectivity index (χ1v) is 12.3. The predicted octanol–water partition coefficient (Wildman–Crippen LogP) is 3.49. The van der Waals surface area contributed by atoms with Gasteiger partial charge in [0.1, 0.15) is 17.7 Å². The minimum Gasteiger partial charge on any atom is -0.490 e. The molecule has 1 fully saturated rings. The number of nitrogens with zero attached hydrogens (tertiary/aromatic N) is 5. The number of nitrogen functional groups attached to an aromatic ring is 1. The summed E-state index contributed by atoms with van der Waals surface area (Å²) in [5.41, 5.74) is 9.81. The maximum absolute atomic E-state index is 14.1. The number of nitrogens with two attached hydrogens (primary N) is 1.